The van der Waals surface area contributed by atoms with Gasteiger partial charge in [0, 0.05) is 20.0 Å². The van der Waals surface area contributed by atoms with Crippen LogP contribution in [-0.2, 0) is 14.4 Å². The second-order valence-corrected chi connectivity index (χ2v) is 5.07. The molecule has 0 aromatic rings. The molecule has 1 aliphatic carbocycles. The van der Waals surface area contributed by atoms with Crippen molar-refractivity contribution >= 4 is 17.8 Å². The first-order valence-corrected chi connectivity index (χ1v) is 6.70. The van der Waals surface area contributed by atoms with E-state index in [2.05, 4.69) is 10.6 Å². The fraction of sp³-hybridized carbons (Fsp3) is 0.769. The third-order valence-electron chi connectivity index (χ3n) is 3.69. The van der Waals surface area contributed by atoms with Crippen LogP contribution in [0.15, 0.2) is 0 Å². The summed E-state index contributed by atoms with van der Waals surface area (Å²) in [6.45, 7) is 4.12. The van der Waals surface area contributed by atoms with E-state index in [1.54, 1.807) is 0 Å². The number of carbonyl (C=O) groups is 3. The molecule has 3 N–H and O–H groups in total. The van der Waals surface area contributed by atoms with Crippen molar-refractivity contribution in [1.29, 1.82) is 0 Å². The van der Waals surface area contributed by atoms with Gasteiger partial charge in [-0.2, -0.15) is 0 Å². The molecule has 0 aliphatic heterocycles. The molecule has 2 amide bonds. The van der Waals surface area contributed by atoms with Gasteiger partial charge in [-0.1, -0.05) is 13.3 Å². The van der Waals surface area contributed by atoms with Crippen LogP contribution < -0.4 is 10.6 Å². The molecule has 0 radical (unpaired) electrons. The lowest BCUT2D eigenvalue weighted by atomic mass is 9.95. The quantitative estimate of drug-likeness (QED) is 0.608. The molecule has 1 fully saturated rings. The average molecular weight is 270 g/mol. The molecular formula is C13H22N2O4. The Labute approximate surface area is 112 Å². The fourth-order valence-corrected chi connectivity index (χ4v) is 2.59. The highest BCUT2D eigenvalue weighted by molar-refractivity contribution is 5.85. The summed E-state index contributed by atoms with van der Waals surface area (Å²) in [6, 6.07) is 0. The number of hydrogen-bond donors (Lipinski definition) is 3. The van der Waals surface area contributed by atoms with Crippen molar-refractivity contribution in [2.45, 2.75) is 33.1 Å². The molecule has 0 aromatic carbocycles. The number of hydrogen-bond acceptors (Lipinski definition) is 3. The number of nitrogens with one attached hydrogen (secondary N) is 2. The minimum atomic E-state index is -0.891. The molecule has 19 heavy (non-hydrogen) atoms. The van der Waals surface area contributed by atoms with E-state index in [0.29, 0.717) is 31.8 Å². The third-order valence-corrected chi connectivity index (χ3v) is 3.69. The molecule has 1 unspecified atom stereocenters. The van der Waals surface area contributed by atoms with Crippen LogP contribution in [0.4, 0.5) is 0 Å². The number of aliphatic carboxylic acids is 1. The highest BCUT2D eigenvalue weighted by atomic mass is 16.4. The van der Waals surface area contributed by atoms with Gasteiger partial charge in [-0.25, -0.2) is 0 Å². The summed E-state index contributed by atoms with van der Waals surface area (Å²) in [6.07, 6.45) is 2.12. The van der Waals surface area contributed by atoms with Crippen LogP contribution in [0.2, 0.25) is 0 Å². The Bertz CT molecular complexity index is 357. The summed E-state index contributed by atoms with van der Waals surface area (Å²) in [5, 5.41) is 14.4. The van der Waals surface area contributed by atoms with Gasteiger partial charge in [0.25, 0.3) is 0 Å². The highest BCUT2D eigenvalue weighted by Crippen LogP contribution is 2.38. The van der Waals surface area contributed by atoms with Gasteiger partial charge in [-0.15, -0.1) is 0 Å². The van der Waals surface area contributed by atoms with E-state index >= 15 is 0 Å². The maximum Gasteiger partial charge on any atom is 0.307 e. The van der Waals surface area contributed by atoms with Gasteiger partial charge in [0.2, 0.25) is 11.8 Å². The van der Waals surface area contributed by atoms with Gasteiger partial charge in [0.1, 0.15) is 0 Å². The molecule has 0 spiro atoms. The van der Waals surface area contributed by atoms with Crippen LogP contribution in [0.1, 0.15) is 33.1 Å². The Balaban J connectivity index is 2.45. The average Bonchev–Trinajstić information content (AvgIpc) is 2.78. The van der Waals surface area contributed by atoms with Crippen LogP contribution in [0, 0.1) is 17.8 Å². The zero-order chi connectivity index (χ0) is 14.4. The number of carbonyl (C=O) groups excluding carboxylic acids is 2. The topological polar surface area (TPSA) is 95.5 Å². The molecule has 0 bridgehead atoms. The summed E-state index contributed by atoms with van der Waals surface area (Å²) in [5.41, 5.74) is 0. The number of rotatable bonds is 6. The van der Waals surface area contributed by atoms with Gasteiger partial charge in [-0.05, 0) is 18.8 Å². The number of amides is 2. The first-order chi connectivity index (χ1) is 8.95. The van der Waals surface area contributed by atoms with Crippen molar-refractivity contribution in [3.05, 3.63) is 0 Å². The van der Waals surface area contributed by atoms with Crippen molar-refractivity contribution in [3.8, 4) is 0 Å². The lowest BCUT2D eigenvalue weighted by Gasteiger charge is -2.15. The second-order valence-electron chi connectivity index (χ2n) is 5.07. The van der Waals surface area contributed by atoms with Gasteiger partial charge in [0.05, 0.1) is 11.8 Å². The van der Waals surface area contributed by atoms with E-state index in [1.807, 2.05) is 6.92 Å². The van der Waals surface area contributed by atoms with Crippen molar-refractivity contribution in [3.63, 3.8) is 0 Å². The molecular weight excluding hydrogens is 248 g/mol. The van der Waals surface area contributed by atoms with E-state index < -0.39 is 17.8 Å². The summed E-state index contributed by atoms with van der Waals surface area (Å²) < 4.78 is 0. The van der Waals surface area contributed by atoms with Crippen molar-refractivity contribution in [2.24, 2.45) is 17.8 Å². The van der Waals surface area contributed by atoms with Gasteiger partial charge in [-0.3, -0.25) is 14.4 Å². The van der Waals surface area contributed by atoms with E-state index in [0.717, 1.165) is 6.42 Å². The van der Waals surface area contributed by atoms with E-state index in [-0.39, 0.29) is 11.8 Å². The zero-order valence-corrected chi connectivity index (χ0v) is 11.4. The van der Waals surface area contributed by atoms with E-state index in [4.69, 9.17) is 5.11 Å². The summed E-state index contributed by atoms with van der Waals surface area (Å²) in [7, 11) is 0. The maximum absolute atomic E-state index is 12.0. The Hall–Kier alpha value is -1.59. The summed E-state index contributed by atoms with van der Waals surface area (Å²) in [4.78, 5) is 33.8. The summed E-state index contributed by atoms with van der Waals surface area (Å²) in [5.74, 6) is -1.96. The molecule has 3 atom stereocenters. The van der Waals surface area contributed by atoms with Gasteiger partial charge in [0.15, 0.2) is 0 Å². The Morgan fingerprint density at radius 1 is 1.11 bits per heavy atom. The first-order valence-electron chi connectivity index (χ1n) is 6.70. The molecule has 6 heteroatoms. The zero-order valence-electron chi connectivity index (χ0n) is 11.4. The van der Waals surface area contributed by atoms with Crippen LogP contribution in [0.5, 0.6) is 0 Å². The summed E-state index contributed by atoms with van der Waals surface area (Å²) >= 11 is 0. The lowest BCUT2D eigenvalue weighted by Crippen LogP contribution is -2.39. The highest BCUT2D eigenvalue weighted by Gasteiger charge is 2.41. The minimum absolute atomic E-state index is 0.149. The monoisotopic (exact) mass is 270 g/mol. The van der Waals surface area contributed by atoms with Crippen LogP contribution in [0.25, 0.3) is 0 Å². The van der Waals surface area contributed by atoms with Crippen molar-refractivity contribution < 1.29 is 19.5 Å². The van der Waals surface area contributed by atoms with Crippen LogP contribution >= 0.6 is 0 Å². The fourth-order valence-electron chi connectivity index (χ4n) is 2.59. The third kappa shape index (κ3) is 4.54. The number of carboxylic acids is 1. The SMILES string of the molecule is CCC1C[C@H](C(=O)NCCNC(C)=O)[C@H](C(=O)O)C1. The molecule has 0 saturated heterocycles. The lowest BCUT2D eigenvalue weighted by molar-refractivity contribution is -0.146. The van der Waals surface area contributed by atoms with Crippen LogP contribution in [0.3, 0.4) is 0 Å². The van der Waals surface area contributed by atoms with Gasteiger partial charge >= 0.3 is 5.97 Å². The number of carboxylic acid groups (broad SMARTS) is 1. The Kier molecular flexibility index (Phi) is 5.79. The first kappa shape index (κ1) is 15.5. The van der Waals surface area contributed by atoms with E-state index in [9.17, 15) is 14.4 Å². The molecule has 0 aromatic heterocycles. The molecule has 1 saturated carbocycles. The van der Waals surface area contributed by atoms with Crippen LogP contribution in [-0.4, -0.2) is 36.0 Å². The largest absolute Gasteiger partial charge is 0.481 e. The van der Waals surface area contributed by atoms with Crippen molar-refractivity contribution in [2.75, 3.05) is 13.1 Å². The van der Waals surface area contributed by atoms with Gasteiger partial charge < -0.3 is 15.7 Å². The second kappa shape index (κ2) is 7.11. The van der Waals surface area contributed by atoms with E-state index in [1.165, 1.54) is 6.92 Å². The predicted octanol–water partition coefficient (Wildman–Crippen LogP) is 0.376. The molecule has 1 rings (SSSR count). The Morgan fingerprint density at radius 3 is 2.21 bits per heavy atom. The Morgan fingerprint density at radius 2 is 1.68 bits per heavy atom. The normalized spacial score (nSPS) is 25.9. The molecule has 6 nitrogen and oxygen atoms in total. The minimum Gasteiger partial charge on any atom is -0.481 e. The molecule has 0 heterocycles. The molecule has 108 valence electrons. The molecule has 1 aliphatic rings. The standard InChI is InChI=1S/C13H22N2O4/c1-3-9-6-10(11(7-9)13(18)19)12(17)15-5-4-14-8(2)16/h9-11H,3-7H2,1-2H3,(H,14,16)(H,15,17)(H,18,19)/t9?,10-,11+/m0/s1. The van der Waals surface area contributed by atoms with Crippen molar-refractivity contribution in [1.82, 2.24) is 10.6 Å². The predicted molar refractivity (Wildman–Crippen MR) is 69.3 cm³/mol. The maximum atomic E-state index is 12.0. The smallest absolute Gasteiger partial charge is 0.307 e.